The highest BCUT2D eigenvalue weighted by molar-refractivity contribution is 9.10. The van der Waals surface area contributed by atoms with Gasteiger partial charge in [-0.1, -0.05) is 21.1 Å². The molecule has 0 bridgehead atoms. The molecule has 0 aliphatic heterocycles. The van der Waals surface area contributed by atoms with Crippen molar-refractivity contribution in [3.63, 3.8) is 0 Å². The average molecular weight is 293 g/mol. The Labute approximate surface area is 108 Å². The number of anilines is 1. The van der Waals surface area contributed by atoms with E-state index in [-0.39, 0.29) is 5.81 Å². The van der Waals surface area contributed by atoms with Crippen LogP contribution in [0.5, 0.6) is 0 Å². The maximum atomic E-state index is 11.1. The van der Waals surface area contributed by atoms with Crippen molar-refractivity contribution in [1.29, 1.82) is 0 Å². The van der Waals surface area contributed by atoms with Crippen LogP contribution >= 0.6 is 15.9 Å². The SMILES string of the molecule is BC(=O)Nc1c(C)noc1-c1ccc(Br)cc1. The Hall–Kier alpha value is -1.56. The number of halogens is 1. The number of carbonyl (C=O) groups excluding carboxylic acids is 1. The lowest BCUT2D eigenvalue weighted by molar-refractivity contribution is 0.269. The van der Waals surface area contributed by atoms with Gasteiger partial charge in [-0.05, 0) is 31.2 Å². The van der Waals surface area contributed by atoms with Crippen molar-refractivity contribution in [1.82, 2.24) is 5.16 Å². The van der Waals surface area contributed by atoms with E-state index in [0.29, 0.717) is 17.1 Å². The Morgan fingerprint density at radius 2 is 2.06 bits per heavy atom. The minimum Gasteiger partial charge on any atom is -0.354 e. The lowest BCUT2D eigenvalue weighted by Crippen LogP contribution is -2.09. The number of nitrogens with zero attached hydrogens (tertiary/aromatic N) is 1. The largest absolute Gasteiger partial charge is 0.354 e. The molecule has 0 atom stereocenters. The van der Waals surface area contributed by atoms with Gasteiger partial charge in [0.15, 0.2) is 11.6 Å². The predicted molar refractivity (Wildman–Crippen MR) is 71.9 cm³/mol. The van der Waals surface area contributed by atoms with Gasteiger partial charge in [-0.3, -0.25) is 4.79 Å². The number of aromatic nitrogens is 1. The van der Waals surface area contributed by atoms with E-state index in [9.17, 15) is 4.79 Å². The predicted octanol–water partition coefficient (Wildman–Crippen LogP) is 2.58. The van der Waals surface area contributed by atoms with Gasteiger partial charge in [-0.2, -0.15) is 0 Å². The summed E-state index contributed by atoms with van der Waals surface area (Å²) in [5.74, 6) is 0.430. The van der Waals surface area contributed by atoms with Crippen LogP contribution in [0.1, 0.15) is 5.69 Å². The van der Waals surface area contributed by atoms with Crippen molar-refractivity contribution in [3.8, 4) is 11.3 Å². The zero-order valence-electron chi connectivity index (χ0n) is 9.45. The van der Waals surface area contributed by atoms with Crippen molar-refractivity contribution in [2.24, 2.45) is 0 Å². The average Bonchev–Trinajstić information content (AvgIpc) is 2.61. The molecule has 17 heavy (non-hydrogen) atoms. The molecule has 6 heteroatoms. The van der Waals surface area contributed by atoms with Gasteiger partial charge < -0.3 is 9.84 Å². The molecule has 0 spiro atoms. The van der Waals surface area contributed by atoms with Gasteiger partial charge >= 0.3 is 0 Å². The van der Waals surface area contributed by atoms with Gasteiger partial charge in [-0.25, -0.2) is 0 Å². The lowest BCUT2D eigenvalue weighted by Gasteiger charge is -2.03. The van der Waals surface area contributed by atoms with E-state index in [4.69, 9.17) is 4.52 Å². The third kappa shape index (κ3) is 2.58. The first-order chi connectivity index (χ1) is 8.08. The van der Waals surface area contributed by atoms with E-state index >= 15 is 0 Å². The Morgan fingerprint density at radius 1 is 1.41 bits per heavy atom. The summed E-state index contributed by atoms with van der Waals surface area (Å²) in [7, 11) is 1.46. The molecule has 0 saturated heterocycles. The first-order valence-corrected chi connectivity index (χ1v) is 5.87. The third-order valence-electron chi connectivity index (χ3n) is 2.27. The zero-order valence-corrected chi connectivity index (χ0v) is 11.0. The summed E-state index contributed by atoms with van der Waals surface area (Å²) in [4.78, 5) is 11.1. The van der Waals surface area contributed by atoms with Crippen LogP contribution in [-0.2, 0) is 0 Å². The summed E-state index contributed by atoms with van der Waals surface area (Å²) in [6, 6.07) is 7.61. The summed E-state index contributed by atoms with van der Waals surface area (Å²) in [5.41, 5.74) is 2.16. The summed E-state index contributed by atoms with van der Waals surface area (Å²) >= 11 is 3.37. The van der Waals surface area contributed by atoms with E-state index in [1.54, 1.807) is 6.92 Å². The molecular formula is C11H10BBrN2O2. The molecule has 2 aromatic rings. The number of aryl methyl sites for hydroxylation is 1. The van der Waals surface area contributed by atoms with Gasteiger partial charge in [0.2, 0.25) is 7.85 Å². The van der Waals surface area contributed by atoms with Crippen LogP contribution in [-0.4, -0.2) is 18.8 Å². The van der Waals surface area contributed by atoms with Crippen LogP contribution in [0.4, 0.5) is 10.5 Å². The van der Waals surface area contributed by atoms with E-state index in [0.717, 1.165) is 10.0 Å². The van der Waals surface area contributed by atoms with Crippen LogP contribution in [0.3, 0.4) is 0 Å². The van der Waals surface area contributed by atoms with Crippen molar-refractivity contribution in [2.45, 2.75) is 6.92 Å². The maximum Gasteiger partial charge on any atom is 0.216 e. The second-order valence-corrected chi connectivity index (χ2v) is 4.58. The molecule has 4 nitrogen and oxygen atoms in total. The molecule has 1 aromatic heterocycles. The number of rotatable bonds is 2. The van der Waals surface area contributed by atoms with Crippen molar-refractivity contribution >= 4 is 35.3 Å². The van der Waals surface area contributed by atoms with Crippen molar-refractivity contribution < 1.29 is 9.32 Å². The maximum absolute atomic E-state index is 11.1. The van der Waals surface area contributed by atoms with Gasteiger partial charge in [-0.15, -0.1) is 0 Å². The first kappa shape index (κ1) is 11.9. The molecule has 1 amide bonds. The number of hydrogen-bond donors (Lipinski definition) is 1. The highest BCUT2D eigenvalue weighted by Gasteiger charge is 2.15. The fourth-order valence-corrected chi connectivity index (χ4v) is 1.76. The minimum absolute atomic E-state index is 0.144. The zero-order chi connectivity index (χ0) is 12.4. The van der Waals surface area contributed by atoms with E-state index in [1.165, 1.54) is 7.85 Å². The number of benzene rings is 1. The second kappa shape index (κ2) is 4.75. The van der Waals surface area contributed by atoms with Crippen LogP contribution in [0.25, 0.3) is 11.3 Å². The van der Waals surface area contributed by atoms with Gasteiger partial charge in [0.25, 0.3) is 0 Å². The molecule has 1 aromatic carbocycles. The second-order valence-electron chi connectivity index (χ2n) is 3.66. The molecule has 1 N–H and O–H groups in total. The van der Waals surface area contributed by atoms with Gasteiger partial charge in [0.05, 0.1) is 0 Å². The molecule has 0 aliphatic carbocycles. The van der Waals surface area contributed by atoms with Crippen LogP contribution in [0, 0.1) is 6.92 Å². The topological polar surface area (TPSA) is 55.1 Å². The molecule has 2 rings (SSSR count). The highest BCUT2D eigenvalue weighted by atomic mass is 79.9. The normalized spacial score (nSPS) is 10.2. The number of amides is 1. The molecule has 0 fully saturated rings. The fraction of sp³-hybridized carbons (Fsp3) is 0.0909. The van der Waals surface area contributed by atoms with Crippen LogP contribution in [0.2, 0.25) is 0 Å². The first-order valence-electron chi connectivity index (χ1n) is 5.07. The Balaban J connectivity index is 2.45. The number of nitrogens with one attached hydrogen (secondary N) is 1. The molecule has 0 aliphatic rings. The van der Waals surface area contributed by atoms with Gasteiger partial charge in [0, 0.05) is 10.0 Å². The standard InChI is InChI=1S/C11H10BBrN2O2/c1-6-9(14-11(12)16)10(17-15-6)7-2-4-8(13)5-3-7/h2-5H,12H2,1H3,(H,14,16). The molecule has 0 radical (unpaired) electrons. The summed E-state index contributed by atoms with van der Waals surface area (Å²) in [5, 5.41) is 6.59. The molecular weight excluding hydrogens is 283 g/mol. The monoisotopic (exact) mass is 292 g/mol. The Kier molecular flexibility index (Phi) is 3.33. The van der Waals surface area contributed by atoms with E-state index < -0.39 is 0 Å². The quantitative estimate of drug-likeness (QED) is 0.866. The Morgan fingerprint density at radius 3 is 2.65 bits per heavy atom. The smallest absolute Gasteiger partial charge is 0.216 e. The van der Waals surface area contributed by atoms with Crippen molar-refractivity contribution in [2.75, 3.05) is 5.32 Å². The van der Waals surface area contributed by atoms with E-state index in [2.05, 4.69) is 26.4 Å². The van der Waals surface area contributed by atoms with E-state index in [1.807, 2.05) is 24.3 Å². The summed E-state index contributed by atoms with van der Waals surface area (Å²) in [6.07, 6.45) is 0. The van der Waals surface area contributed by atoms with Crippen LogP contribution in [0.15, 0.2) is 33.3 Å². The molecule has 86 valence electrons. The highest BCUT2D eigenvalue weighted by Crippen LogP contribution is 2.31. The lowest BCUT2D eigenvalue weighted by atomic mass is 10.1. The Bertz CT molecular complexity index is 551. The minimum atomic E-state index is -0.144. The van der Waals surface area contributed by atoms with Crippen molar-refractivity contribution in [3.05, 3.63) is 34.4 Å². The number of carbonyl (C=O) groups is 1. The number of hydrogen-bond acceptors (Lipinski definition) is 3. The van der Waals surface area contributed by atoms with Crippen LogP contribution < -0.4 is 5.32 Å². The molecule has 1 heterocycles. The fourth-order valence-electron chi connectivity index (χ4n) is 1.49. The van der Waals surface area contributed by atoms with Gasteiger partial charge in [0.1, 0.15) is 11.4 Å². The molecule has 0 unspecified atom stereocenters. The molecule has 0 saturated carbocycles. The third-order valence-corrected chi connectivity index (χ3v) is 2.80. The summed E-state index contributed by atoms with van der Waals surface area (Å²) in [6.45, 7) is 1.79. The summed E-state index contributed by atoms with van der Waals surface area (Å²) < 4.78 is 6.23.